The molecular formula is C8H22N3O6P2S+. The molecule has 0 amide bonds. The van der Waals surface area contributed by atoms with Gasteiger partial charge >= 0.3 is 14.6 Å². The summed E-state index contributed by atoms with van der Waals surface area (Å²) >= 11 is 0.846. The SMILES string of the molecule is NOP(=O)(O[NH3+])OP(=O)(ON)SCCC1CCCCC1. The van der Waals surface area contributed by atoms with E-state index in [-0.39, 0.29) is 0 Å². The van der Waals surface area contributed by atoms with Crippen LogP contribution in [0, 0.1) is 5.92 Å². The molecule has 0 heterocycles. The fraction of sp³-hybridized carbons (Fsp3) is 1.00. The topological polar surface area (TPSA) is 151 Å². The molecular weight excluding hydrogens is 328 g/mol. The lowest BCUT2D eigenvalue weighted by molar-refractivity contribution is -0.643. The molecule has 0 aliphatic heterocycles. The van der Waals surface area contributed by atoms with Crippen molar-refractivity contribution in [3.05, 3.63) is 0 Å². The Morgan fingerprint density at radius 2 is 1.80 bits per heavy atom. The lowest BCUT2D eigenvalue weighted by Crippen LogP contribution is -2.47. The van der Waals surface area contributed by atoms with Gasteiger partial charge in [-0.05, 0) is 23.7 Å². The summed E-state index contributed by atoms with van der Waals surface area (Å²) < 4.78 is 40.9. The van der Waals surface area contributed by atoms with Crippen molar-refractivity contribution in [1.29, 1.82) is 0 Å². The predicted octanol–water partition coefficient (Wildman–Crippen LogP) is 1.88. The second-order valence-electron chi connectivity index (χ2n) is 4.44. The monoisotopic (exact) mass is 350 g/mol. The zero-order chi connectivity index (χ0) is 15.1. The van der Waals surface area contributed by atoms with Gasteiger partial charge in [0.2, 0.25) is 0 Å². The molecule has 0 aromatic heterocycles. The van der Waals surface area contributed by atoms with Crippen LogP contribution in [0.1, 0.15) is 38.5 Å². The summed E-state index contributed by atoms with van der Waals surface area (Å²) in [5.41, 5.74) is 0. The maximum Gasteiger partial charge on any atom is 0.545 e. The van der Waals surface area contributed by atoms with E-state index in [4.69, 9.17) is 11.8 Å². The number of hydrogen-bond acceptors (Lipinski definition) is 9. The van der Waals surface area contributed by atoms with Crippen molar-refractivity contribution in [3.63, 3.8) is 0 Å². The van der Waals surface area contributed by atoms with Crippen molar-refractivity contribution < 1.29 is 33.2 Å². The van der Waals surface area contributed by atoms with E-state index in [0.717, 1.165) is 17.8 Å². The first-order chi connectivity index (χ1) is 9.47. The van der Waals surface area contributed by atoms with Crippen LogP contribution in [0.2, 0.25) is 0 Å². The Bertz CT molecular complexity index is 373. The van der Waals surface area contributed by atoms with Gasteiger partial charge in [0.15, 0.2) is 0 Å². The quantitative estimate of drug-likeness (QED) is 0.418. The van der Waals surface area contributed by atoms with E-state index in [1.54, 1.807) is 0 Å². The number of nitrogens with two attached hydrogens (primary N) is 2. The molecule has 0 aromatic carbocycles. The normalized spacial score (nSPS) is 23.1. The smallest absolute Gasteiger partial charge is 0.245 e. The molecule has 1 fully saturated rings. The van der Waals surface area contributed by atoms with Crippen LogP contribution in [0.4, 0.5) is 0 Å². The van der Waals surface area contributed by atoms with Crippen molar-refractivity contribution in [1.82, 2.24) is 0 Å². The fourth-order valence-electron chi connectivity index (χ4n) is 2.08. The van der Waals surface area contributed by atoms with Gasteiger partial charge in [0.1, 0.15) is 0 Å². The van der Waals surface area contributed by atoms with E-state index in [2.05, 4.69) is 24.1 Å². The highest BCUT2D eigenvalue weighted by Gasteiger charge is 2.41. The molecule has 12 heteroatoms. The van der Waals surface area contributed by atoms with E-state index < -0.39 is 14.6 Å². The lowest BCUT2D eigenvalue weighted by atomic mass is 9.88. The highest BCUT2D eigenvalue weighted by Crippen LogP contribution is 2.70. The number of phosphoric acid groups is 1. The maximum atomic E-state index is 12.1. The van der Waals surface area contributed by atoms with Crippen molar-refractivity contribution in [2.75, 3.05) is 5.75 Å². The molecule has 0 saturated heterocycles. The average Bonchev–Trinajstić information content (AvgIpc) is 2.48. The van der Waals surface area contributed by atoms with E-state index in [0.29, 0.717) is 11.7 Å². The third-order valence-corrected chi connectivity index (χ3v) is 8.64. The Morgan fingerprint density at radius 1 is 1.15 bits per heavy atom. The third-order valence-electron chi connectivity index (χ3n) is 3.12. The zero-order valence-electron chi connectivity index (χ0n) is 11.1. The lowest BCUT2D eigenvalue weighted by Gasteiger charge is -2.22. The van der Waals surface area contributed by atoms with Crippen molar-refractivity contribution >= 4 is 26.0 Å². The molecule has 0 radical (unpaired) electrons. The Labute approximate surface area is 122 Å². The molecule has 0 spiro atoms. The largest absolute Gasteiger partial charge is 0.545 e. The van der Waals surface area contributed by atoms with Crippen LogP contribution >= 0.6 is 26.0 Å². The molecule has 2 unspecified atom stereocenters. The van der Waals surface area contributed by atoms with E-state index in [1.807, 2.05) is 0 Å². The second kappa shape index (κ2) is 8.85. The Morgan fingerprint density at radius 3 is 2.30 bits per heavy atom. The first-order valence-electron chi connectivity index (χ1n) is 6.23. The van der Waals surface area contributed by atoms with Gasteiger partial charge in [-0.25, -0.2) is 31.4 Å². The van der Waals surface area contributed by atoms with Crippen molar-refractivity contribution in [3.8, 4) is 0 Å². The Hall–Kier alpha value is 0.530. The Kier molecular flexibility index (Phi) is 8.22. The molecule has 2 atom stereocenters. The number of quaternary nitrogens is 1. The van der Waals surface area contributed by atoms with Crippen LogP contribution in [0.15, 0.2) is 0 Å². The van der Waals surface area contributed by atoms with Crippen LogP contribution in [-0.2, 0) is 27.3 Å². The van der Waals surface area contributed by atoms with Gasteiger partial charge in [-0.1, -0.05) is 36.7 Å². The third kappa shape index (κ3) is 6.11. The summed E-state index contributed by atoms with van der Waals surface area (Å²) in [7, 11) is -4.21. The molecule has 7 N–H and O–H groups in total. The van der Waals surface area contributed by atoms with Gasteiger partial charge in [-0.3, -0.25) is 0 Å². The van der Waals surface area contributed by atoms with Gasteiger partial charge in [0.05, 0.1) is 0 Å². The van der Waals surface area contributed by atoms with Gasteiger partial charge in [0.25, 0.3) is 0 Å². The first-order valence-corrected chi connectivity index (χ1v) is 10.8. The van der Waals surface area contributed by atoms with E-state index >= 15 is 0 Å². The maximum absolute atomic E-state index is 12.1. The second-order valence-corrected chi connectivity index (χ2v) is 10.3. The minimum atomic E-state index is -4.21. The molecule has 1 aliphatic rings. The minimum Gasteiger partial charge on any atom is -0.245 e. The molecule has 9 nitrogen and oxygen atoms in total. The molecule has 20 heavy (non-hydrogen) atoms. The van der Waals surface area contributed by atoms with Gasteiger partial charge in [0, 0.05) is 5.75 Å². The molecule has 1 aliphatic carbocycles. The zero-order valence-corrected chi connectivity index (χ0v) is 13.7. The van der Waals surface area contributed by atoms with Crippen molar-refractivity contribution in [2.45, 2.75) is 38.5 Å². The standard InChI is InChI=1S/C8H22N3O6P2S/c9-14-18(12,15-10)17-19(13,16-11)20-7-6-8-4-2-1-3-5-8/h8H,1-7,9,11H2,10H3/q+1. The molecule has 1 saturated carbocycles. The van der Waals surface area contributed by atoms with E-state index in [9.17, 15) is 9.13 Å². The van der Waals surface area contributed by atoms with Gasteiger partial charge < -0.3 is 0 Å². The van der Waals surface area contributed by atoms with Crippen LogP contribution in [0.5, 0.6) is 0 Å². The van der Waals surface area contributed by atoms with Gasteiger partial charge in [-0.2, -0.15) is 8.94 Å². The predicted molar refractivity (Wildman–Crippen MR) is 74.5 cm³/mol. The summed E-state index contributed by atoms with van der Waals surface area (Å²) in [6, 6.07) is 0. The summed E-state index contributed by atoms with van der Waals surface area (Å²) in [5, 5.41) is 0. The number of hydrogen-bond donors (Lipinski definition) is 3. The van der Waals surface area contributed by atoms with Crippen LogP contribution in [0.25, 0.3) is 0 Å². The average molecular weight is 350 g/mol. The highest BCUT2D eigenvalue weighted by atomic mass is 32.7. The molecule has 0 bridgehead atoms. The highest BCUT2D eigenvalue weighted by molar-refractivity contribution is 8.55. The summed E-state index contributed by atoms with van der Waals surface area (Å²) in [6.07, 6.45) is 6.92. The van der Waals surface area contributed by atoms with E-state index in [1.165, 1.54) is 32.1 Å². The van der Waals surface area contributed by atoms with Crippen LogP contribution in [0.3, 0.4) is 0 Å². The molecule has 120 valence electrons. The van der Waals surface area contributed by atoms with Gasteiger partial charge in [-0.15, -0.1) is 0 Å². The number of rotatable bonds is 9. The summed E-state index contributed by atoms with van der Waals surface area (Å²) in [5.74, 6) is 13.7. The molecule has 0 aromatic rings. The fourth-order valence-corrected chi connectivity index (χ4v) is 6.85. The van der Waals surface area contributed by atoms with Crippen LogP contribution in [-0.4, -0.2) is 5.75 Å². The van der Waals surface area contributed by atoms with Crippen LogP contribution < -0.4 is 17.7 Å². The minimum absolute atomic E-state index is 0.501. The summed E-state index contributed by atoms with van der Waals surface area (Å²) in [4.78, 5) is 0. The first kappa shape index (κ1) is 18.6. The summed E-state index contributed by atoms with van der Waals surface area (Å²) in [6.45, 7) is -3.86. The Balaban J connectivity index is 2.44. The van der Waals surface area contributed by atoms with Crippen molar-refractivity contribution in [2.24, 2.45) is 17.7 Å². The molecule has 1 rings (SSSR count).